The second kappa shape index (κ2) is 2.42. The van der Waals surface area contributed by atoms with E-state index >= 15 is 0 Å². The van der Waals surface area contributed by atoms with Gasteiger partial charge in [-0.25, -0.2) is 0 Å². The maximum Gasteiger partial charge on any atom is 0.0443 e. The molecule has 11 heavy (non-hydrogen) atoms. The molecule has 1 heterocycles. The molecule has 0 bridgehead atoms. The Labute approximate surface area is 67.0 Å². The summed E-state index contributed by atoms with van der Waals surface area (Å²) in [4.78, 5) is 2.00. The topological polar surface area (TPSA) is 3.24 Å². The van der Waals surface area contributed by atoms with Crippen molar-refractivity contribution in [2.24, 2.45) is 0 Å². The van der Waals surface area contributed by atoms with E-state index in [0.29, 0.717) is 0 Å². The van der Waals surface area contributed by atoms with Crippen LogP contribution in [0.5, 0.6) is 0 Å². The van der Waals surface area contributed by atoms with Gasteiger partial charge in [0.2, 0.25) is 0 Å². The predicted molar refractivity (Wildman–Crippen MR) is 48.2 cm³/mol. The Morgan fingerprint density at radius 1 is 1.27 bits per heavy atom. The molecule has 55 valence electrons. The van der Waals surface area contributed by atoms with Crippen molar-refractivity contribution in [3.8, 4) is 0 Å². The molecule has 0 saturated heterocycles. The van der Waals surface area contributed by atoms with Crippen LogP contribution in [-0.4, -0.2) is 6.54 Å². The lowest BCUT2D eigenvalue weighted by Crippen LogP contribution is -2.17. The van der Waals surface area contributed by atoms with Crippen molar-refractivity contribution in [1.82, 2.24) is 0 Å². The van der Waals surface area contributed by atoms with E-state index in [-0.39, 0.29) is 0 Å². The molecular weight excluding hydrogens is 134 g/mol. The summed E-state index contributed by atoms with van der Waals surface area (Å²) in [6, 6.07) is 8.27. The van der Waals surface area contributed by atoms with Crippen LogP contribution in [0.25, 0.3) is 6.08 Å². The molecule has 1 aliphatic heterocycles. The van der Waals surface area contributed by atoms with Crippen molar-refractivity contribution in [1.29, 1.82) is 0 Å². The minimum Gasteiger partial charge on any atom is -0.366 e. The summed E-state index contributed by atoms with van der Waals surface area (Å²) in [6.07, 6.45) is 4.26. The van der Waals surface area contributed by atoms with Gasteiger partial charge in [0.15, 0.2) is 0 Å². The van der Waals surface area contributed by atoms with Crippen LogP contribution >= 0.6 is 0 Å². The highest BCUT2D eigenvalue weighted by atomic mass is 15.1. The Hall–Kier alpha value is -1.24. The Kier molecular flexibility index (Phi) is 1.42. The Balaban J connectivity index is 2.54. The molecule has 2 rings (SSSR count). The quantitative estimate of drug-likeness (QED) is 0.540. The number of rotatable bonds is 0. The molecule has 0 fully saturated rings. The fraction of sp³-hybridized carbons (Fsp3) is 0.100. The van der Waals surface area contributed by atoms with Crippen LogP contribution in [0.15, 0.2) is 30.3 Å². The first-order valence-corrected chi connectivity index (χ1v) is 3.71. The van der Waals surface area contributed by atoms with Crippen LogP contribution in [0.1, 0.15) is 5.56 Å². The smallest absolute Gasteiger partial charge is 0.0443 e. The highest BCUT2D eigenvalue weighted by Gasteiger charge is 2.06. The van der Waals surface area contributed by atoms with Gasteiger partial charge in [-0.05, 0) is 11.6 Å². The summed E-state index contributed by atoms with van der Waals surface area (Å²) >= 11 is 0. The van der Waals surface area contributed by atoms with Crippen molar-refractivity contribution in [2.75, 3.05) is 11.4 Å². The van der Waals surface area contributed by atoms with Gasteiger partial charge in [0.05, 0.1) is 0 Å². The Morgan fingerprint density at radius 2 is 2.09 bits per heavy atom. The van der Waals surface area contributed by atoms with Crippen molar-refractivity contribution >= 4 is 11.8 Å². The molecule has 0 saturated carbocycles. The van der Waals surface area contributed by atoms with E-state index in [9.17, 15) is 0 Å². The van der Waals surface area contributed by atoms with Gasteiger partial charge < -0.3 is 4.90 Å². The molecule has 0 aromatic heterocycles. The highest BCUT2D eigenvalue weighted by molar-refractivity contribution is 5.71. The van der Waals surface area contributed by atoms with Gasteiger partial charge in [-0.3, -0.25) is 0 Å². The normalized spacial score (nSPS) is 14.8. The van der Waals surface area contributed by atoms with Crippen LogP contribution in [-0.2, 0) is 0 Å². The second-order valence-electron chi connectivity index (χ2n) is 2.68. The monoisotopic (exact) mass is 144 g/mol. The van der Waals surface area contributed by atoms with Gasteiger partial charge in [-0.2, -0.15) is 0 Å². The molecule has 1 radical (unpaired) electrons. The molecule has 1 aromatic carbocycles. The minimum atomic E-state index is 0.914. The molecule has 0 amide bonds. The number of nitrogens with zero attached hydrogens (tertiary/aromatic N) is 1. The zero-order valence-corrected chi connectivity index (χ0v) is 6.33. The van der Waals surface area contributed by atoms with Gasteiger partial charge in [0, 0.05) is 19.3 Å². The standard InChI is InChI=1S/C10H10N/c1-11-8-4-6-9-5-2-3-7-10(9)11/h2-7H,1,8H2. The molecule has 1 aliphatic rings. The number of hydrogen-bond acceptors (Lipinski definition) is 1. The molecule has 0 aliphatic carbocycles. The average Bonchev–Trinajstić information content (AvgIpc) is 2.06. The number of benzene rings is 1. The van der Waals surface area contributed by atoms with Crippen molar-refractivity contribution in [3.63, 3.8) is 0 Å². The third kappa shape index (κ3) is 1.03. The second-order valence-corrected chi connectivity index (χ2v) is 2.68. The summed E-state index contributed by atoms with van der Waals surface area (Å²) in [7, 11) is 3.92. The van der Waals surface area contributed by atoms with Crippen LogP contribution in [0.3, 0.4) is 0 Å². The molecule has 0 atom stereocenters. The molecule has 1 aromatic rings. The van der Waals surface area contributed by atoms with Gasteiger partial charge >= 0.3 is 0 Å². The minimum absolute atomic E-state index is 0.914. The molecular formula is C10H10N. The summed E-state index contributed by atoms with van der Waals surface area (Å²) in [5.41, 5.74) is 2.48. The third-order valence-corrected chi connectivity index (χ3v) is 1.90. The lowest BCUT2D eigenvalue weighted by atomic mass is 10.1. The van der Waals surface area contributed by atoms with Crippen molar-refractivity contribution in [2.45, 2.75) is 0 Å². The summed E-state index contributed by atoms with van der Waals surface area (Å²) < 4.78 is 0. The fourth-order valence-electron chi connectivity index (χ4n) is 1.32. The summed E-state index contributed by atoms with van der Waals surface area (Å²) in [5, 5.41) is 0. The van der Waals surface area contributed by atoms with Gasteiger partial charge in [0.25, 0.3) is 0 Å². The molecule has 0 unspecified atom stereocenters. The third-order valence-electron chi connectivity index (χ3n) is 1.90. The van der Waals surface area contributed by atoms with Gasteiger partial charge in [-0.1, -0.05) is 30.4 Å². The highest BCUT2D eigenvalue weighted by Crippen LogP contribution is 2.23. The van der Waals surface area contributed by atoms with E-state index in [1.54, 1.807) is 0 Å². The fourth-order valence-corrected chi connectivity index (χ4v) is 1.32. The van der Waals surface area contributed by atoms with E-state index in [1.165, 1.54) is 11.3 Å². The number of hydrogen-bond donors (Lipinski definition) is 0. The molecule has 1 nitrogen and oxygen atoms in total. The first-order valence-electron chi connectivity index (χ1n) is 3.71. The zero-order valence-electron chi connectivity index (χ0n) is 6.33. The van der Waals surface area contributed by atoms with Crippen LogP contribution in [0, 0.1) is 7.05 Å². The van der Waals surface area contributed by atoms with Crippen LogP contribution in [0.4, 0.5) is 5.69 Å². The zero-order chi connectivity index (χ0) is 7.68. The van der Waals surface area contributed by atoms with Crippen molar-refractivity contribution < 1.29 is 0 Å². The molecule has 0 spiro atoms. The van der Waals surface area contributed by atoms with Crippen LogP contribution in [0.2, 0.25) is 0 Å². The SMILES string of the molecule is [CH2]N1CC=Cc2ccccc21. The summed E-state index contributed by atoms with van der Waals surface area (Å²) in [6.45, 7) is 0.914. The van der Waals surface area contributed by atoms with Crippen molar-refractivity contribution in [3.05, 3.63) is 43.0 Å². The van der Waals surface area contributed by atoms with E-state index in [2.05, 4.69) is 31.3 Å². The number of anilines is 1. The first kappa shape index (κ1) is 6.47. The Bertz CT molecular complexity index is 289. The van der Waals surface area contributed by atoms with Gasteiger partial charge in [-0.15, -0.1) is 0 Å². The summed E-state index contributed by atoms with van der Waals surface area (Å²) in [5.74, 6) is 0. The largest absolute Gasteiger partial charge is 0.366 e. The van der Waals surface area contributed by atoms with E-state index in [1.807, 2.05) is 17.0 Å². The first-order chi connectivity index (χ1) is 5.38. The molecule has 0 N–H and O–H groups in total. The number of para-hydroxylation sites is 1. The average molecular weight is 144 g/mol. The van der Waals surface area contributed by atoms with E-state index < -0.39 is 0 Å². The van der Waals surface area contributed by atoms with Crippen LogP contribution < -0.4 is 4.90 Å². The van der Waals surface area contributed by atoms with E-state index in [0.717, 1.165) is 6.54 Å². The lowest BCUT2D eigenvalue weighted by Gasteiger charge is -2.22. The number of fused-ring (bicyclic) bond motifs is 1. The maximum absolute atomic E-state index is 3.92. The maximum atomic E-state index is 3.92. The van der Waals surface area contributed by atoms with E-state index in [4.69, 9.17) is 0 Å². The van der Waals surface area contributed by atoms with Gasteiger partial charge in [0.1, 0.15) is 0 Å². The lowest BCUT2D eigenvalue weighted by molar-refractivity contribution is 1.07. The molecule has 1 heteroatoms. The predicted octanol–water partition coefficient (Wildman–Crippen LogP) is 2.31. The Morgan fingerprint density at radius 3 is 2.91 bits per heavy atom.